The van der Waals surface area contributed by atoms with Gasteiger partial charge in [0.2, 0.25) is 5.12 Å². The lowest BCUT2D eigenvalue weighted by Gasteiger charge is -2.03. The molecule has 0 aliphatic heterocycles. The van der Waals surface area contributed by atoms with Crippen molar-refractivity contribution in [3.05, 3.63) is 29.3 Å². The van der Waals surface area contributed by atoms with E-state index >= 15 is 0 Å². The van der Waals surface area contributed by atoms with E-state index < -0.39 is 0 Å². The number of carbonyl (C=O) groups excluding carboxylic acids is 1. The molecule has 0 bridgehead atoms. The van der Waals surface area contributed by atoms with Crippen LogP contribution in [0.15, 0.2) is 18.2 Å². The van der Waals surface area contributed by atoms with Crippen LogP contribution in [0, 0.1) is 0 Å². The van der Waals surface area contributed by atoms with E-state index in [1.807, 2.05) is 12.1 Å². The van der Waals surface area contributed by atoms with Crippen LogP contribution in [-0.2, 0) is 6.42 Å². The van der Waals surface area contributed by atoms with Gasteiger partial charge in [0.25, 0.3) is 0 Å². The Balaban J connectivity index is 3.12. The van der Waals surface area contributed by atoms with Crippen LogP contribution in [0.1, 0.15) is 22.8 Å². The zero-order chi connectivity index (χ0) is 9.14. The first kappa shape index (κ1) is 9.54. The molecule has 0 saturated carbocycles. The maximum atomic E-state index is 11.0. The Morgan fingerprint density at radius 1 is 1.58 bits per heavy atom. The first-order valence-corrected chi connectivity index (χ1v) is 5.42. The highest BCUT2D eigenvalue weighted by molar-refractivity contribution is 7.97. The predicted molar refractivity (Wildman–Crippen MR) is 58.7 cm³/mol. The third-order valence-corrected chi connectivity index (χ3v) is 3.00. The fourth-order valence-electron chi connectivity index (χ4n) is 1.19. The van der Waals surface area contributed by atoms with Crippen molar-refractivity contribution in [3.8, 4) is 0 Å². The smallest absolute Gasteiger partial charge is 0.216 e. The van der Waals surface area contributed by atoms with E-state index in [-0.39, 0.29) is 5.12 Å². The molecule has 0 aliphatic rings. The number of carbonyl (C=O) groups is 1. The molecule has 0 aromatic heterocycles. The molecular formula is C9H12OSSi. The first-order valence-electron chi connectivity index (χ1n) is 3.98. The van der Waals surface area contributed by atoms with E-state index in [1.165, 1.54) is 5.56 Å². The Morgan fingerprint density at radius 2 is 2.25 bits per heavy atom. The van der Waals surface area contributed by atoms with Crippen molar-refractivity contribution in [2.45, 2.75) is 13.3 Å². The van der Waals surface area contributed by atoms with E-state index in [4.69, 9.17) is 0 Å². The third kappa shape index (κ3) is 1.99. The average molecular weight is 196 g/mol. The van der Waals surface area contributed by atoms with Gasteiger partial charge in [0.1, 0.15) is 0 Å². The first-order chi connectivity index (χ1) is 5.65. The highest BCUT2D eigenvalue weighted by Gasteiger charge is 2.03. The maximum absolute atomic E-state index is 11.0. The van der Waals surface area contributed by atoms with E-state index in [1.54, 1.807) is 0 Å². The molecule has 0 atom stereocenters. The molecule has 0 spiro atoms. The summed E-state index contributed by atoms with van der Waals surface area (Å²) in [5.74, 6) is 0. The molecule has 1 nitrogen and oxygen atoms in total. The van der Waals surface area contributed by atoms with Crippen LogP contribution in [-0.4, -0.2) is 15.4 Å². The van der Waals surface area contributed by atoms with Crippen LogP contribution >= 0.6 is 12.6 Å². The van der Waals surface area contributed by atoms with Gasteiger partial charge < -0.3 is 0 Å². The lowest BCUT2D eigenvalue weighted by molar-refractivity contribution is 0.109. The predicted octanol–water partition coefficient (Wildman–Crippen LogP) is 0.310. The van der Waals surface area contributed by atoms with Gasteiger partial charge in [-0.1, -0.05) is 30.3 Å². The highest BCUT2D eigenvalue weighted by Crippen LogP contribution is 2.04. The zero-order valence-electron chi connectivity index (χ0n) is 7.29. The van der Waals surface area contributed by atoms with Crippen LogP contribution in [0.25, 0.3) is 0 Å². The second-order valence-electron chi connectivity index (χ2n) is 2.81. The monoisotopic (exact) mass is 196 g/mol. The standard InChI is InChI=1S/C9H12OSSi/c1-2-6-3-4-7(9(10)11)8(12)5-6/h3-5H,2H2,1,12H3,(H,10,11). The van der Waals surface area contributed by atoms with Crippen LogP contribution in [0.3, 0.4) is 0 Å². The summed E-state index contributed by atoms with van der Waals surface area (Å²) in [6.07, 6.45) is 1.02. The van der Waals surface area contributed by atoms with Crippen molar-refractivity contribution in [1.82, 2.24) is 0 Å². The molecule has 0 radical (unpaired) electrons. The fraction of sp³-hybridized carbons (Fsp3) is 0.222. The van der Waals surface area contributed by atoms with E-state index in [0.717, 1.165) is 27.4 Å². The lowest BCUT2D eigenvalue weighted by atomic mass is 10.1. The molecule has 0 heterocycles. The molecule has 0 saturated heterocycles. The molecule has 1 aromatic carbocycles. The second-order valence-corrected chi connectivity index (χ2v) is 4.29. The summed E-state index contributed by atoms with van der Waals surface area (Å²) in [4.78, 5) is 11.0. The van der Waals surface area contributed by atoms with Gasteiger partial charge in [-0.25, -0.2) is 0 Å². The van der Waals surface area contributed by atoms with Gasteiger partial charge in [-0.05, 0) is 12.0 Å². The van der Waals surface area contributed by atoms with Crippen molar-refractivity contribution in [2.24, 2.45) is 0 Å². The van der Waals surface area contributed by atoms with Crippen LogP contribution in [0.5, 0.6) is 0 Å². The average Bonchev–Trinajstić information content (AvgIpc) is 2.03. The van der Waals surface area contributed by atoms with Gasteiger partial charge in [0, 0.05) is 15.8 Å². The summed E-state index contributed by atoms with van der Waals surface area (Å²) in [6.45, 7) is 2.11. The van der Waals surface area contributed by atoms with E-state index in [9.17, 15) is 4.79 Å². The minimum Gasteiger partial charge on any atom is -0.282 e. The number of rotatable bonds is 2. The minimum atomic E-state index is -0.123. The van der Waals surface area contributed by atoms with Crippen molar-refractivity contribution in [3.63, 3.8) is 0 Å². The van der Waals surface area contributed by atoms with Crippen LogP contribution < -0.4 is 5.19 Å². The van der Waals surface area contributed by atoms with Crippen molar-refractivity contribution in [2.75, 3.05) is 0 Å². The second kappa shape index (κ2) is 3.91. The Bertz CT molecular complexity index is 309. The molecule has 64 valence electrons. The molecule has 1 aromatic rings. The normalized spacial score (nSPS) is 10.2. The van der Waals surface area contributed by atoms with E-state index in [2.05, 4.69) is 25.6 Å². The van der Waals surface area contributed by atoms with Gasteiger partial charge in [-0.3, -0.25) is 4.79 Å². The molecule has 0 unspecified atom stereocenters. The van der Waals surface area contributed by atoms with E-state index in [0.29, 0.717) is 0 Å². The van der Waals surface area contributed by atoms with Crippen molar-refractivity contribution < 1.29 is 4.79 Å². The number of aryl methyl sites for hydroxylation is 1. The fourth-order valence-corrected chi connectivity index (χ4v) is 2.41. The van der Waals surface area contributed by atoms with Gasteiger partial charge in [-0.15, -0.1) is 12.6 Å². The Morgan fingerprint density at radius 3 is 2.67 bits per heavy atom. The largest absolute Gasteiger partial charge is 0.282 e. The van der Waals surface area contributed by atoms with Crippen molar-refractivity contribution in [1.29, 1.82) is 0 Å². The van der Waals surface area contributed by atoms with Gasteiger partial charge in [-0.2, -0.15) is 0 Å². The van der Waals surface area contributed by atoms with Crippen LogP contribution in [0.2, 0.25) is 0 Å². The summed E-state index contributed by atoms with van der Waals surface area (Å²) in [5, 5.41) is 1.03. The van der Waals surface area contributed by atoms with Gasteiger partial charge in [0.15, 0.2) is 0 Å². The number of hydrogen-bond acceptors (Lipinski definition) is 1. The third-order valence-electron chi connectivity index (χ3n) is 1.93. The summed E-state index contributed by atoms with van der Waals surface area (Å²) in [5.41, 5.74) is 2.06. The minimum absolute atomic E-state index is 0.123. The summed E-state index contributed by atoms with van der Waals surface area (Å²) < 4.78 is 0. The number of benzene rings is 1. The molecule has 0 amide bonds. The lowest BCUT2D eigenvalue weighted by Crippen LogP contribution is -2.13. The molecular weight excluding hydrogens is 184 g/mol. The van der Waals surface area contributed by atoms with Gasteiger partial charge >= 0.3 is 0 Å². The molecule has 0 N–H and O–H groups in total. The zero-order valence-corrected chi connectivity index (χ0v) is 10.2. The summed E-state index contributed by atoms with van der Waals surface area (Å²) in [6, 6.07) is 5.96. The maximum Gasteiger partial charge on any atom is 0.216 e. The molecule has 0 aliphatic carbocycles. The van der Waals surface area contributed by atoms with Crippen molar-refractivity contribution >= 4 is 33.2 Å². The quantitative estimate of drug-likeness (QED) is 0.532. The highest BCUT2D eigenvalue weighted by atomic mass is 32.1. The Kier molecular flexibility index (Phi) is 3.11. The number of hydrogen-bond donors (Lipinski definition) is 1. The van der Waals surface area contributed by atoms with Crippen LogP contribution in [0.4, 0.5) is 0 Å². The number of thiol groups is 1. The summed E-state index contributed by atoms with van der Waals surface area (Å²) in [7, 11) is 0.907. The molecule has 0 fully saturated rings. The summed E-state index contributed by atoms with van der Waals surface area (Å²) >= 11 is 3.80. The molecule has 12 heavy (non-hydrogen) atoms. The Hall–Kier alpha value is -0.543. The Labute approximate surface area is 81.0 Å². The topological polar surface area (TPSA) is 17.1 Å². The van der Waals surface area contributed by atoms with Gasteiger partial charge in [0.05, 0.1) is 0 Å². The molecule has 1 rings (SSSR count). The molecule has 3 heteroatoms. The SMILES string of the molecule is CCc1ccc(C(=O)S)c([SiH3])c1.